The van der Waals surface area contributed by atoms with Crippen LogP contribution in [0, 0.1) is 0 Å². The van der Waals surface area contributed by atoms with E-state index in [1.165, 1.54) is 0 Å². The van der Waals surface area contributed by atoms with E-state index in [4.69, 9.17) is 4.74 Å². The number of carbonyl (C=O) groups excluding carboxylic acids is 1. The van der Waals surface area contributed by atoms with Crippen LogP contribution >= 0.6 is 0 Å². The van der Waals surface area contributed by atoms with Crippen molar-refractivity contribution in [2.75, 3.05) is 13.2 Å². The van der Waals surface area contributed by atoms with E-state index in [-0.39, 0.29) is 5.78 Å². The van der Waals surface area contributed by atoms with Gasteiger partial charge >= 0.3 is 0 Å². The molecule has 1 aromatic carbocycles. The third-order valence-corrected chi connectivity index (χ3v) is 2.78. The minimum absolute atomic E-state index is 0.0658. The minimum Gasteiger partial charge on any atom is -0.493 e. The summed E-state index contributed by atoms with van der Waals surface area (Å²) in [4.78, 5) is 12.5. The Labute approximate surface area is 110 Å². The highest BCUT2D eigenvalue weighted by Crippen LogP contribution is 2.23. The molecule has 0 saturated carbocycles. The fourth-order valence-corrected chi connectivity index (χ4v) is 1.85. The summed E-state index contributed by atoms with van der Waals surface area (Å²) in [5, 5.41) is 3.20. The average molecular weight is 249 g/mol. The Kier molecular flexibility index (Phi) is 5.35. The van der Waals surface area contributed by atoms with Crippen LogP contribution in [0.15, 0.2) is 24.3 Å². The Morgan fingerprint density at radius 3 is 2.56 bits per heavy atom. The summed E-state index contributed by atoms with van der Waals surface area (Å²) >= 11 is 0. The van der Waals surface area contributed by atoms with E-state index >= 15 is 0 Å². The van der Waals surface area contributed by atoms with Crippen molar-refractivity contribution in [3.63, 3.8) is 0 Å². The maximum absolute atomic E-state index is 12.5. The van der Waals surface area contributed by atoms with E-state index in [2.05, 4.69) is 5.32 Å². The molecule has 0 fully saturated rings. The Bertz CT molecular complexity index is 399. The summed E-state index contributed by atoms with van der Waals surface area (Å²) in [5.74, 6) is 0.742. The van der Waals surface area contributed by atoms with E-state index in [0.717, 1.165) is 13.0 Å². The quantitative estimate of drug-likeness (QED) is 0.755. The molecule has 0 saturated heterocycles. The third-order valence-electron chi connectivity index (χ3n) is 2.78. The number of rotatable bonds is 7. The van der Waals surface area contributed by atoms with Gasteiger partial charge in [0, 0.05) is 0 Å². The number of likely N-dealkylation sites (N-methyl/N-ethyl adjacent to an activating group) is 1. The van der Waals surface area contributed by atoms with Crippen LogP contribution in [0.5, 0.6) is 5.75 Å². The molecular formula is C15H23NO2. The third kappa shape index (κ3) is 3.57. The van der Waals surface area contributed by atoms with Crippen molar-refractivity contribution in [1.29, 1.82) is 0 Å². The number of ether oxygens (including phenoxy) is 1. The Balaban J connectivity index is 2.97. The molecule has 0 spiro atoms. The standard InChI is InChI=1S/C15H23NO2/c1-5-11-18-13-10-8-7-9-12(13)14(17)15(3,4)16-6-2/h7-10,16H,5-6,11H2,1-4H3. The van der Waals surface area contributed by atoms with Crippen LogP contribution in [-0.2, 0) is 0 Å². The van der Waals surface area contributed by atoms with Gasteiger partial charge in [0.2, 0.25) is 0 Å². The van der Waals surface area contributed by atoms with Gasteiger partial charge in [-0.1, -0.05) is 26.0 Å². The lowest BCUT2D eigenvalue weighted by atomic mass is 9.92. The maximum atomic E-state index is 12.5. The van der Waals surface area contributed by atoms with Crippen molar-refractivity contribution in [3.05, 3.63) is 29.8 Å². The van der Waals surface area contributed by atoms with Gasteiger partial charge in [-0.25, -0.2) is 0 Å². The fourth-order valence-electron chi connectivity index (χ4n) is 1.85. The second kappa shape index (κ2) is 6.55. The molecule has 0 aliphatic heterocycles. The van der Waals surface area contributed by atoms with Gasteiger partial charge in [-0.05, 0) is 38.9 Å². The molecule has 18 heavy (non-hydrogen) atoms. The fraction of sp³-hybridized carbons (Fsp3) is 0.533. The number of hydrogen-bond acceptors (Lipinski definition) is 3. The molecule has 0 aliphatic rings. The number of carbonyl (C=O) groups is 1. The van der Waals surface area contributed by atoms with E-state index in [1.807, 2.05) is 52.0 Å². The Hall–Kier alpha value is -1.35. The predicted octanol–water partition coefficient (Wildman–Crippen LogP) is 3.05. The molecule has 3 nitrogen and oxygen atoms in total. The summed E-state index contributed by atoms with van der Waals surface area (Å²) in [6, 6.07) is 7.44. The Morgan fingerprint density at radius 2 is 1.94 bits per heavy atom. The van der Waals surface area contributed by atoms with Crippen molar-refractivity contribution in [3.8, 4) is 5.75 Å². The molecule has 100 valence electrons. The smallest absolute Gasteiger partial charge is 0.185 e. The average Bonchev–Trinajstić information content (AvgIpc) is 2.35. The molecule has 0 radical (unpaired) electrons. The second-order valence-electron chi connectivity index (χ2n) is 4.83. The zero-order chi connectivity index (χ0) is 13.6. The molecule has 0 aromatic heterocycles. The first-order chi connectivity index (χ1) is 8.53. The lowest BCUT2D eigenvalue weighted by molar-refractivity contribution is 0.0879. The van der Waals surface area contributed by atoms with Crippen LogP contribution in [0.1, 0.15) is 44.5 Å². The number of hydrogen-bond donors (Lipinski definition) is 1. The zero-order valence-corrected chi connectivity index (χ0v) is 11.7. The van der Waals surface area contributed by atoms with Crippen molar-refractivity contribution >= 4 is 5.78 Å². The number of benzene rings is 1. The number of para-hydroxylation sites is 1. The van der Waals surface area contributed by atoms with Gasteiger partial charge in [0.1, 0.15) is 5.75 Å². The predicted molar refractivity (Wildman–Crippen MR) is 74.3 cm³/mol. The van der Waals surface area contributed by atoms with Crippen LogP contribution in [0.3, 0.4) is 0 Å². The van der Waals surface area contributed by atoms with E-state index < -0.39 is 5.54 Å². The minimum atomic E-state index is -0.569. The second-order valence-corrected chi connectivity index (χ2v) is 4.83. The summed E-state index contributed by atoms with van der Waals surface area (Å²) < 4.78 is 5.63. The molecule has 3 heteroatoms. The van der Waals surface area contributed by atoms with Gasteiger partial charge < -0.3 is 10.1 Å². The molecule has 0 atom stereocenters. The molecule has 0 unspecified atom stereocenters. The van der Waals surface area contributed by atoms with E-state index in [0.29, 0.717) is 17.9 Å². The molecule has 0 amide bonds. The zero-order valence-electron chi connectivity index (χ0n) is 11.7. The van der Waals surface area contributed by atoms with E-state index in [1.54, 1.807) is 0 Å². The molecule has 0 aliphatic carbocycles. The van der Waals surface area contributed by atoms with Gasteiger partial charge in [-0.3, -0.25) is 4.79 Å². The lowest BCUT2D eigenvalue weighted by Gasteiger charge is -2.25. The SMILES string of the molecule is CCCOc1ccccc1C(=O)C(C)(C)NCC. The maximum Gasteiger partial charge on any atom is 0.185 e. The topological polar surface area (TPSA) is 38.3 Å². The molecule has 1 rings (SSSR count). The van der Waals surface area contributed by atoms with Gasteiger partial charge in [-0.2, -0.15) is 0 Å². The highest BCUT2D eigenvalue weighted by Gasteiger charge is 2.29. The summed E-state index contributed by atoms with van der Waals surface area (Å²) in [7, 11) is 0. The number of ketones is 1. The monoisotopic (exact) mass is 249 g/mol. The van der Waals surface area contributed by atoms with Crippen molar-refractivity contribution < 1.29 is 9.53 Å². The summed E-state index contributed by atoms with van der Waals surface area (Å²) in [6.45, 7) is 9.23. The van der Waals surface area contributed by atoms with Gasteiger partial charge in [0.25, 0.3) is 0 Å². The van der Waals surface area contributed by atoms with Gasteiger partial charge in [0.05, 0.1) is 17.7 Å². The van der Waals surface area contributed by atoms with Crippen LogP contribution < -0.4 is 10.1 Å². The first-order valence-electron chi connectivity index (χ1n) is 6.54. The Morgan fingerprint density at radius 1 is 1.28 bits per heavy atom. The van der Waals surface area contributed by atoms with Crippen LogP contribution in [0.25, 0.3) is 0 Å². The molecule has 1 aromatic rings. The van der Waals surface area contributed by atoms with Crippen molar-refractivity contribution in [1.82, 2.24) is 5.32 Å². The van der Waals surface area contributed by atoms with Crippen LogP contribution in [0.2, 0.25) is 0 Å². The first kappa shape index (κ1) is 14.7. The summed E-state index contributed by atoms with van der Waals surface area (Å²) in [6.07, 6.45) is 0.930. The highest BCUT2D eigenvalue weighted by molar-refractivity contribution is 6.04. The first-order valence-corrected chi connectivity index (χ1v) is 6.54. The molecule has 1 N–H and O–H groups in total. The van der Waals surface area contributed by atoms with Crippen molar-refractivity contribution in [2.24, 2.45) is 0 Å². The lowest BCUT2D eigenvalue weighted by Crippen LogP contribution is -2.46. The largest absolute Gasteiger partial charge is 0.493 e. The van der Waals surface area contributed by atoms with Gasteiger partial charge in [0.15, 0.2) is 5.78 Å². The van der Waals surface area contributed by atoms with E-state index in [9.17, 15) is 4.79 Å². The van der Waals surface area contributed by atoms with Crippen LogP contribution in [-0.4, -0.2) is 24.5 Å². The summed E-state index contributed by atoms with van der Waals surface area (Å²) in [5.41, 5.74) is 0.0809. The molecule has 0 bridgehead atoms. The van der Waals surface area contributed by atoms with Crippen LogP contribution in [0.4, 0.5) is 0 Å². The number of Topliss-reactive ketones (excluding diaryl/α,β-unsaturated/α-hetero) is 1. The molecule has 0 heterocycles. The van der Waals surface area contributed by atoms with Crippen molar-refractivity contribution in [2.45, 2.75) is 39.7 Å². The molecular weight excluding hydrogens is 226 g/mol. The highest BCUT2D eigenvalue weighted by atomic mass is 16.5. The number of nitrogens with one attached hydrogen (secondary N) is 1. The normalized spacial score (nSPS) is 11.3. The van der Waals surface area contributed by atoms with Gasteiger partial charge in [-0.15, -0.1) is 0 Å².